The van der Waals surface area contributed by atoms with E-state index in [0.717, 1.165) is 11.6 Å². The monoisotopic (exact) mass is 272 g/mol. The van der Waals surface area contributed by atoms with E-state index in [9.17, 15) is 9.18 Å². The topological polar surface area (TPSA) is 46.5 Å². The van der Waals surface area contributed by atoms with Gasteiger partial charge in [0.15, 0.2) is 0 Å². The summed E-state index contributed by atoms with van der Waals surface area (Å²) in [6.45, 7) is 1.73. The third-order valence-electron chi connectivity index (χ3n) is 2.70. The molecule has 2 aromatic rings. The van der Waals surface area contributed by atoms with Crippen molar-refractivity contribution in [3.05, 3.63) is 66.0 Å². The minimum atomic E-state index is -0.978. The van der Waals surface area contributed by atoms with Crippen molar-refractivity contribution in [2.24, 2.45) is 0 Å². The van der Waals surface area contributed by atoms with Crippen LogP contribution in [0.2, 0.25) is 0 Å². The molecule has 0 saturated carbocycles. The molecule has 0 atom stereocenters. The first kappa shape index (κ1) is 13.8. The van der Waals surface area contributed by atoms with Crippen molar-refractivity contribution in [2.75, 3.05) is 0 Å². The second kappa shape index (κ2) is 6.02. The number of rotatable bonds is 4. The van der Waals surface area contributed by atoms with Crippen LogP contribution in [0.5, 0.6) is 11.5 Å². The molecule has 2 rings (SSSR count). The second-order valence-electron chi connectivity index (χ2n) is 4.25. The molecular weight excluding hydrogens is 259 g/mol. The van der Waals surface area contributed by atoms with Gasteiger partial charge in [-0.15, -0.1) is 0 Å². The molecule has 2 aromatic carbocycles. The van der Waals surface area contributed by atoms with Gasteiger partial charge in [0, 0.05) is 6.08 Å². The number of benzene rings is 2. The van der Waals surface area contributed by atoms with Gasteiger partial charge in [0.2, 0.25) is 0 Å². The molecule has 0 aliphatic carbocycles. The molecule has 0 saturated heterocycles. The predicted octanol–water partition coefficient (Wildman–Crippen LogP) is 4.11. The fourth-order valence-corrected chi connectivity index (χ4v) is 1.69. The highest BCUT2D eigenvalue weighted by molar-refractivity contribution is 5.89. The zero-order chi connectivity index (χ0) is 14.5. The summed E-state index contributed by atoms with van der Waals surface area (Å²) in [7, 11) is 0. The number of aliphatic carboxylic acids is 1. The Morgan fingerprint density at radius 1 is 1.05 bits per heavy atom. The van der Waals surface area contributed by atoms with Crippen molar-refractivity contribution >= 4 is 11.5 Å². The summed E-state index contributed by atoms with van der Waals surface area (Å²) in [4.78, 5) is 10.6. The lowest BCUT2D eigenvalue weighted by molar-refractivity contribution is -0.131. The predicted molar refractivity (Wildman–Crippen MR) is 74.2 cm³/mol. The smallest absolute Gasteiger partial charge is 0.328 e. The van der Waals surface area contributed by atoms with Crippen molar-refractivity contribution < 1.29 is 19.0 Å². The van der Waals surface area contributed by atoms with Crippen molar-refractivity contribution in [1.82, 2.24) is 0 Å². The fraction of sp³-hybridized carbons (Fsp3) is 0.0625. The van der Waals surface area contributed by atoms with E-state index in [1.54, 1.807) is 43.3 Å². The highest BCUT2D eigenvalue weighted by atomic mass is 19.1. The molecule has 0 aromatic heterocycles. The van der Waals surface area contributed by atoms with Gasteiger partial charge in [-0.3, -0.25) is 0 Å². The highest BCUT2D eigenvalue weighted by Gasteiger charge is 2.01. The van der Waals surface area contributed by atoms with Crippen LogP contribution in [0.4, 0.5) is 4.39 Å². The molecule has 0 fully saturated rings. The van der Waals surface area contributed by atoms with Crippen LogP contribution in [-0.2, 0) is 4.79 Å². The molecule has 0 radical (unpaired) electrons. The standard InChI is InChI=1S/C16H13FO3/c1-11(10-16(18)19)12-2-6-14(7-3-12)20-15-8-4-13(17)5-9-15/h2-10H,1H3,(H,18,19). The Bertz CT molecular complexity index is 628. The van der Waals surface area contributed by atoms with Crippen molar-refractivity contribution in [3.8, 4) is 11.5 Å². The van der Waals surface area contributed by atoms with E-state index in [1.165, 1.54) is 12.1 Å². The van der Waals surface area contributed by atoms with Gasteiger partial charge in [-0.05, 0) is 54.5 Å². The zero-order valence-electron chi connectivity index (χ0n) is 10.8. The quantitative estimate of drug-likeness (QED) is 0.852. The van der Waals surface area contributed by atoms with E-state index in [0.29, 0.717) is 17.1 Å². The number of hydrogen-bond acceptors (Lipinski definition) is 2. The SMILES string of the molecule is CC(=CC(=O)O)c1ccc(Oc2ccc(F)cc2)cc1. The Morgan fingerprint density at radius 3 is 2.05 bits per heavy atom. The minimum absolute atomic E-state index is 0.317. The fourth-order valence-electron chi connectivity index (χ4n) is 1.69. The Kier molecular flexibility index (Phi) is 4.15. The summed E-state index contributed by atoms with van der Waals surface area (Å²) in [5.41, 5.74) is 1.46. The van der Waals surface area contributed by atoms with Crippen LogP contribution in [0.25, 0.3) is 5.57 Å². The number of hydrogen-bond donors (Lipinski definition) is 1. The maximum Gasteiger partial charge on any atom is 0.328 e. The van der Waals surface area contributed by atoms with Gasteiger partial charge < -0.3 is 9.84 Å². The van der Waals surface area contributed by atoms with Gasteiger partial charge in [-0.1, -0.05) is 12.1 Å². The van der Waals surface area contributed by atoms with Crippen LogP contribution in [0, 0.1) is 5.82 Å². The average Bonchev–Trinajstić information content (AvgIpc) is 2.41. The van der Waals surface area contributed by atoms with Crippen LogP contribution in [0.1, 0.15) is 12.5 Å². The first-order valence-corrected chi connectivity index (χ1v) is 6.00. The van der Waals surface area contributed by atoms with Gasteiger partial charge in [-0.2, -0.15) is 0 Å². The lowest BCUT2D eigenvalue weighted by atomic mass is 10.1. The summed E-state index contributed by atoms with van der Waals surface area (Å²) in [6, 6.07) is 12.7. The molecule has 3 nitrogen and oxygen atoms in total. The number of ether oxygens (including phenoxy) is 1. The Labute approximate surface area is 115 Å². The highest BCUT2D eigenvalue weighted by Crippen LogP contribution is 2.23. The molecule has 0 bridgehead atoms. The van der Waals surface area contributed by atoms with Crippen LogP contribution in [0.15, 0.2) is 54.6 Å². The van der Waals surface area contributed by atoms with E-state index in [-0.39, 0.29) is 5.82 Å². The van der Waals surface area contributed by atoms with Gasteiger partial charge in [-0.25, -0.2) is 9.18 Å². The summed E-state index contributed by atoms with van der Waals surface area (Å²) in [6.07, 6.45) is 1.15. The summed E-state index contributed by atoms with van der Waals surface area (Å²) in [5, 5.41) is 8.69. The third-order valence-corrected chi connectivity index (χ3v) is 2.70. The molecule has 4 heteroatoms. The van der Waals surface area contributed by atoms with Crippen LogP contribution in [-0.4, -0.2) is 11.1 Å². The normalized spacial score (nSPS) is 11.2. The van der Waals surface area contributed by atoms with E-state index < -0.39 is 5.97 Å². The number of carboxylic acid groups (broad SMARTS) is 1. The lowest BCUT2D eigenvalue weighted by Gasteiger charge is -2.07. The Balaban J connectivity index is 2.12. The number of halogens is 1. The van der Waals surface area contributed by atoms with Gasteiger partial charge >= 0.3 is 5.97 Å². The van der Waals surface area contributed by atoms with Gasteiger partial charge in [0.05, 0.1) is 0 Å². The minimum Gasteiger partial charge on any atom is -0.478 e. The van der Waals surface area contributed by atoms with E-state index in [4.69, 9.17) is 9.84 Å². The molecule has 0 unspecified atom stereocenters. The van der Waals surface area contributed by atoms with Gasteiger partial charge in [0.25, 0.3) is 0 Å². The summed E-state index contributed by atoms with van der Waals surface area (Å²) >= 11 is 0. The molecule has 20 heavy (non-hydrogen) atoms. The van der Waals surface area contributed by atoms with Crippen molar-refractivity contribution in [3.63, 3.8) is 0 Å². The first-order chi connectivity index (χ1) is 9.54. The molecule has 1 N–H and O–H groups in total. The molecule has 0 aliphatic rings. The molecule has 102 valence electrons. The first-order valence-electron chi connectivity index (χ1n) is 6.00. The Hall–Kier alpha value is -2.62. The van der Waals surface area contributed by atoms with Crippen molar-refractivity contribution in [1.29, 1.82) is 0 Å². The van der Waals surface area contributed by atoms with Crippen molar-refractivity contribution in [2.45, 2.75) is 6.92 Å². The molecule has 0 amide bonds. The van der Waals surface area contributed by atoms with Crippen LogP contribution >= 0.6 is 0 Å². The number of carboxylic acids is 1. The zero-order valence-corrected chi connectivity index (χ0v) is 10.8. The van der Waals surface area contributed by atoms with E-state index >= 15 is 0 Å². The maximum atomic E-state index is 12.8. The Morgan fingerprint density at radius 2 is 1.55 bits per heavy atom. The second-order valence-corrected chi connectivity index (χ2v) is 4.25. The lowest BCUT2D eigenvalue weighted by Crippen LogP contribution is -1.90. The molecule has 0 heterocycles. The van der Waals surface area contributed by atoms with Crippen LogP contribution < -0.4 is 4.74 Å². The summed E-state index contributed by atoms with van der Waals surface area (Å²) < 4.78 is 18.3. The maximum absolute atomic E-state index is 12.8. The number of carbonyl (C=O) groups is 1. The molecular formula is C16H13FO3. The third kappa shape index (κ3) is 3.68. The molecule has 0 spiro atoms. The number of allylic oxidation sites excluding steroid dienone is 1. The molecule has 0 aliphatic heterocycles. The van der Waals surface area contributed by atoms with Gasteiger partial charge in [0.1, 0.15) is 17.3 Å². The summed E-state index contributed by atoms with van der Waals surface area (Å²) in [5.74, 6) is -0.156. The van der Waals surface area contributed by atoms with Crippen LogP contribution in [0.3, 0.4) is 0 Å². The van der Waals surface area contributed by atoms with E-state index in [1.807, 2.05) is 0 Å². The largest absolute Gasteiger partial charge is 0.478 e. The van der Waals surface area contributed by atoms with E-state index in [2.05, 4.69) is 0 Å². The average molecular weight is 272 g/mol.